The molecule has 0 saturated carbocycles. The zero-order chi connectivity index (χ0) is 13.1. The molecule has 96 valence electrons. The number of likely N-dealkylation sites (N-methyl/N-ethyl adjacent to an activating group) is 1. The highest BCUT2D eigenvalue weighted by atomic mass is 79.9. The van der Waals surface area contributed by atoms with Crippen molar-refractivity contribution in [3.05, 3.63) is 52.4 Å². The standard InChI is InChI=1S/C14H17BrN2O/c1-10-4-3-5-11(8-10)17(2)12(9-16)13-6-7-14(15)18-13/h3-8,12H,9,16H2,1-2H3. The summed E-state index contributed by atoms with van der Waals surface area (Å²) < 4.78 is 6.33. The molecule has 2 rings (SSSR count). The van der Waals surface area contributed by atoms with E-state index in [0.717, 1.165) is 16.1 Å². The van der Waals surface area contributed by atoms with E-state index in [2.05, 4.69) is 46.0 Å². The molecule has 0 spiro atoms. The van der Waals surface area contributed by atoms with Gasteiger partial charge in [0.05, 0.1) is 6.04 Å². The summed E-state index contributed by atoms with van der Waals surface area (Å²) >= 11 is 3.32. The van der Waals surface area contributed by atoms with Crippen LogP contribution < -0.4 is 10.6 Å². The first-order valence-electron chi connectivity index (χ1n) is 5.86. The van der Waals surface area contributed by atoms with Crippen LogP contribution in [0.2, 0.25) is 0 Å². The van der Waals surface area contributed by atoms with Crippen LogP contribution in [0.4, 0.5) is 5.69 Å². The minimum atomic E-state index is 0.0399. The van der Waals surface area contributed by atoms with Crippen molar-refractivity contribution in [3.8, 4) is 0 Å². The first kappa shape index (κ1) is 13.2. The molecule has 2 aromatic rings. The van der Waals surface area contributed by atoms with Gasteiger partial charge in [0.25, 0.3) is 0 Å². The number of anilines is 1. The van der Waals surface area contributed by atoms with Gasteiger partial charge >= 0.3 is 0 Å². The molecule has 0 aliphatic heterocycles. The van der Waals surface area contributed by atoms with Crippen molar-refractivity contribution >= 4 is 21.6 Å². The van der Waals surface area contributed by atoms with Crippen LogP contribution in [0.3, 0.4) is 0 Å². The lowest BCUT2D eigenvalue weighted by molar-refractivity contribution is 0.444. The summed E-state index contributed by atoms with van der Waals surface area (Å²) in [6.45, 7) is 2.59. The van der Waals surface area contributed by atoms with E-state index in [1.807, 2.05) is 25.2 Å². The van der Waals surface area contributed by atoms with Crippen LogP contribution >= 0.6 is 15.9 Å². The summed E-state index contributed by atoms with van der Waals surface area (Å²) in [5, 5.41) is 0. The van der Waals surface area contributed by atoms with Crippen LogP contribution in [0, 0.1) is 6.92 Å². The Hall–Kier alpha value is -1.26. The highest BCUT2D eigenvalue weighted by molar-refractivity contribution is 9.10. The zero-order valence-electron chi connectivity index (χ0n) is 10.6. The van der Waals surface area contributed by atoms with Crippen LogP contribution in [0.1, 0.15) is 17.4 Å². The van der Waals surface area contributed by atoms with Gasteiger partial charge in [0.15, 0.2) is 4.67 Å². The summed E-state index contributed by atoms with van der Waals surface area (Å²) in [5.41, 5.74) is 8.24. The molecule has 1 unspecified atom stereocenters. The summed E-state index contributed by atoms with van der Waals surface area (Å²) in [5.74, 6) is 0.869. The van der Waals surface area contributed by atoms with Crippen molar-refractivity contribution < 1.29 is 4.42 Å². The van der Waals surface area contributed by atoms with E-state index in [1.54, 1.807) is 0 Å². The number of nitrogens with two attached hydrogens (primary N) is 1. The summed E-state index contributed by atoms with van der Waals surface area (Å²) in [4.78, 5) is 2.14. The van der Waals surface area contributed by atoms with Crippen LogP contribution in [-0.4, -0.2) is 13.6 Å². The van der Waals surface area contributed by atoms with E-state index in [-0.39, 0.29) is 6.04 Å². The lowest BCUT2D eigenvalue weighted by Gasteiger charge is -2.27. The molecule has 0 aliphatic carbocycles. The monoisotopic (exact) mass is 308 g/mol. The van der Waals surface area contributed by atoms with Gasteiger partial charge in [-0.15, -0.1) is 0 Å². The zero-order valence-corrected chi connectivity index (χ0v) is 12.1. The first-order chi connectivity index (χ1) is 8.61. The number of hydrogen-bond donors (Lipinski definition) is 1. The molecule has 0 saturated heterocycles. The molecule has 2 N–H and O–H groups in total. The van der Waals surface area contributed by atoms with Crippen LogP contribution in [0.5, 0.6) is 0 Å². The molecule has 0 fully saturated rings. The number of halogens is 1. The van der Waals surface area contributed by atoms with Crippen molar-refractivity contribution in [2.24, 2.45) is 5.73 Å². The normalized spacial score (nSPS) is 12.4. The molecule has 18 heavy (non-hydrogen) atoms. The highest BCUT2D eigenvalue weighted by Gasteiger charge is 2.19. The molecule has 0 amide bonds. The van der Waals surface area contributed by atoms with E-state index in [0.29, 0.717) is 6.54 Å². The van der Waals surface area contributed by atoms with Gasteiger partial charge in [0.2, 0.25) is 0 Å². The minimum Gasteiger partial charge on any atom is -0.452 e. The van der Waals surface area contributed by atoms with Gasteiger partial charge in [-0.3, -0.25) is 0 Å². The molecule has 1 heterocycles. The van der Waals surface area contributed by atoms with Crippen molar-refractivity contribution in [1.29, 1.82) is 0 Å². The summed E-state index contributed by atoms with van der Waals surface area (Å²) in [7, 11) is 2.03. The van der Waals surface area contributed by atoms with Gasteiger partial charge in [0.1, 0.15) is 5.76 Å². The van der Waals surface area contributed by atoms with Crippen LogP contribution in [0.15, 0.2) is 45.5 Å². The smallest absolute Gasteiger partial charge is 0.169 e. The quantitative estimate of drug-likeness (QED) is 0.940. The highest BCUT2D eigenvalue weighted by Crippen LogP contribution is 2.28. The lowest BCUT2D eigenvalue weighted by Crippen LogP contribution is -2.30. The fraction of sp³-hybridized carbons (Fsp3) is 0.286. The maximum atomic E-state index is 5.87. The third-order valence-corrected chi connectivity index (χ3v) is 3.45. The average molecular weight is 309 g/mol. The predicted octanol–water partition coefficient (Wildman–Crippen LogP) is 3.49. The van der Waals surface area contributed by atoms with E-state index >= 15 is 0 Å². The largest absolute Gasteiger partial charge is 0.452 e. The Morgan fingerprint density at radius 1 is 1.33 bits per heavy atom. The van der Waals surface area contributed by atoms with Crippen molar-refractivity contribution in [2.75, 3.05) is 18.5 Å². The van der Waals surface area contributed by atoms with Crippen molar-refractivity contribution in [3.63, 3.8) is 0 Å². The third-order valence-electron chi connectivity index (χ3n) is 3.02. The van der Waals surface area contributed by atoms with E-state index in [1.165, 1.54) is 5.56 Å². The predicted molar refractivity (Wildman–Crippen MR) is 77.8 cm³/mol. The molecular formula is C14H17BrN2O. The van der Waals surface area contributed by atoms with Crippen molar-refractivity contribution in [2.45, 2.75) is 13.0 Å². The summed E-state index contributed by atoms with van der Waals surface area (Å²) in [6.07, 6.45) is 0. The maximum absolute atomic E-state index is 5.87. The number of hydrogen-bond acceptors (Lipinski definition) is 3. The van der Waals surface area contributed by atoms with Gasteiger partial charge in [-0.05, 0) is 52.7 Å². The Morgan fingerprint density at radius 3 is 2.67 bits per heavy atom. The SMILES string of the molecule is Cc1cccc(N(C)C(CN)c2ccc(Br)o2)c1. The van der Waals surface area contributed by atoms with Gasteiger partial charge in [-0.25, -0.2) is 0 Å². The number of nitrogens with zero attached hydrogens (tertiary/aromatic N) is 1. The van der Waals surface area contributed by atoms with Gasteiger partial charge < -0.3 is 15.1 Å². The van der Waals surface area contributed by atoms with Gasteiger partial charge in [-0.2, -0.15) is 0 Å². The minimum absolute atomic E-state index is 0.0399. The third kappa shape index (κ3) is 2.76. The Bertz CT molecular complexity index is 524. The molecular weight excluding hydrogens is 292 g/mol. The summed E-state index contributed by atoms with van der Waals surface area (Å²) in [6, 6.07) is 12.2. The Labute approximate surface area is 116 Å². The molecule has 0 bridgehead atoms. The number of furan rings is 1. The molecule has 0 aliphatic rings. The lowest BCUT2D eigenvalue weighted by atomic mass is 10.1. The molecule has 1 aromatic heterocycles. The van der Waals surface area contributed by atoms with E-state index < -0.39 is 0 Å². The number of aryl methyl sites for hydroxylation is 1. The van der Waals surface area contributed by atoms with E-state index in [9.17, 15) is 0 Å². The van der Waals surface area contributed by atoms with Gasteiger partial charge in [-0.1, -0.05) is 12.1 Å². The molecule has 1 atom stereocenters. The topological polar surface area (TPSA) is 42.4 Å². The molecule has 3 nitrogen and oxygen atoms in total. The Kier molecular flexibility index (Phi) is 4.09. The van der Waals surface area contributed by atoms with Crippen molar-refractivity contribution in [1.82, 2.24) is 0 Å². The Balaban J connectivity index is 2.28. The number of rotatable bonds is 4. The number of benzene rings is 1. The molecule has 0 radical (unpaired) electrons. The van der Waals surface area contributed by atoms with Gasteiger partial charge in [0, 0.05) is 19.3 Å². The maximum Gasteiger partial charge on any atom is 0.169 e. The Morgan fingerprint density at radius 2 is 2.11 bits per heavy atom. The molecule has 4 heteroatoms. The fourth-order valence-electron chi connectivity index (χ4n) is 2.00. The second kappa shape index (κ2) is 5.59. The van der Waals surface area contributed by atoms with Crippen LogP contribution in [0.25, 0.3) is 0 Å². The first-order valence-corrected chi connectivity index (χ1v) is 6.66. The molecule has 1 aromatic carbocycles. The second-order valence-electron chi connectivity index (χ2n) is 4.34. The average Bonchev–Trinajstić information content (AvgIpc) is 2.76. The van der Waals surface area contributed by atoms with Crippen LogP contribution in [-0.2, 0) is 0 Å². The second-order valence-corrected chi connectivity index (χ2v) is 5.12. The fourth-order valence-corrected chi connectivity index (χ4v) is 2.32. The van der Waals surface area contributed by atoms with E-state index in [4.69, 9.17) is 10.2 Å².